The van der Waals surface area contributed by atoms with Crippen LogP contribution in [0.25, 0.3) is 0 Å². The molecule has 1 aliphatic rings. The number of H-pyrrole nitrogens is 1. The van der Waals surface area contributed by atoms with Crippen molar-refractivity contribution >= 4 is 5.91 Å². The fraction of sp³-hybridized carbons (Fsp3) is 0.545. The van der Waals surface area contributed by atoms with E-state index in [0.717, 1.165) is 13.0 Å². The summed E-state index contributed by atoms with van der Waals surface area (Å²) in [7, 11) is 0. The Morgan fingerprint density at radius 3 is 3.13 bits per heavy atom. The van der Waals surface area contributed by atoms with Gasteiger partial charge in [0.15, 0.2) is 0 Å². The van der Waals surface area contributed by atoms with Crippen LogP contribution in [0.5, 0.6) is 0 Å². The molecule has 15 heavy (non-hydrogen) atoms. The summed E-state index contributed by atoms with van der Waals surface area (Å²) >= 11 is 0. The highest BCUT2D eigenvalue weighted by atomic mass is 16.3. The molecule has 1 amide bonds. The van der Waals surface area contributed by atoms with E-state index in [2.05, 4.69) is 11.9 Å². The van der Waals surface area contributed by atoms with Crippen molar-refractivity contribution in [2.45, 2.75) is 19.4 Å². The SMILES string of the molecule is CC1CCN(C(=O)c2ccc[nH]2)C1CO. The molecule has 2 rings (SSSR count). The molecular formula is C11H16N2O2. The fourth-order valence-corrected chi connectivity index (χ4v) is 2.16. The molecule has 1 fully saturated rings. The van der Waals surface area contributed by atoms with Crippen molar-refractivity contribution in [2.75, 3.05) is 13.2 Å². The predicted octanol–water partition coefficient (Wildman–Crippen LogP) is 0.858. The molecule has 0 aliphatic carbocycles. The number of aliphatic hydroxyl groups is 1. The molecule has 0 radical (unpaired) electrons. The number of aromatic amines is 1. The summed E-state index contributed by atoms with van der Waals surface area (Å²) in [6, 6.07) is 3.54. The number of amides is 1. The first-order valence-corrected chi connectivity index (χ1v) is 5.29. The maximum atomic E-state index is 12.0. The van der Waals surface area contributed by atoms with Gasteiger partial charge in [-0.2, -0.15) is 0 Å². The fourth-order valence-electron chi connectivity index (χ4n) is 2.16. The molecule has 4 heteroatoms. The zero-order valence-corrected chi connectivity index (χ0v) is 8.81. The molecule has 2 atom stereocenters. The first-order chi connectivity index (χ1) is 7.24. The molecule has 1 aromatic rings. The lowest BCUT2D eigenvalue weighted by Gasteiger charge is -2.24. The Labute approximate surface area is 88.9 Å². The van der Waals surface area contributed by atoms with E-state index in [1.54, 1.807) is 23.2 Å². The highest BCUT2D eigenvalue weighted by molar-refractivity contribution is 5.92. The lowest BCUT2D eigenvalue weighted by atomic mass is 10.0. The third kappa shape index (κ3) is 1.77. The van der Waals surface area contributed by atoms with Gasteiger partial charge in [0.25, 0.3) is 5.91 Å². The third-order valence-electron chi connectivity index (χ3n) is 3.16. The number of rotatable bonds is 2. The number of carbonyl (C=O) groups excluding carboxylic acids is 1. The van der Waals surface area contributed by atoms with Crippen LogP contribution in [0.4, 0.5) is 0 Å². The first-order valence-electron chi connectivity index (χ1n) is 5.29. The lowest BCUT2D eigenvalue weighted by Crippen LogP contribution is -2.39. The number of hydrogen-bond donors (Lipinski definition) is 2. The van der Waals surface area contributed by atoms with Crippen molar-refractivity contribution < 1.29 is 9.90 Å². The molecule has 2 N–H and O–H groups in total. The average molecular weight is 208 g/mol. The summed E-state index contributed by atoms with van der Waals surface area (Å²) in [6.45, 7) is 2.86. The van der Waals surface area contributed by atoms with Gasteiger partial charge in [-0.15, -0.1) is 0 Å². The van der Waals surface area contributed by atoms with Crippen LogP contribution in [0.2, 0.25) is 0 Å². The van der Waals surface area contributed by atoms with Gasteiger partial charge in [0, 0.05) is 12.7 Å². The minimum atomic E-state index is -0.0270. The summed E-state index contributed by atoms with van der Waals surface area (Å²) in [4.78, 5) is 16.7. The molecule has 0 spiro atoms. The molecule has 2 unspecified atom stereocenters. The molecular weight excluding hydrogens is 192 g/mol. The number of hydrogen-bond acceptors (Lipinski definition) is 2. The number of aliphatic hydroxyl groups excluding tert-OH is 1. The Morgan fingerprint density at radius 1 is 1.73 bits per heavy atom. The second-order valence-electron chi connectivity index (χ2n) is 4.10. The van der Waals surface area contributed by atoms with Crippen molar-refractivity contribution in [3.8, 4) is 0 Å². The van der Waals surface area contributed by atoms with Crippen molar-refractivity contribution in [3.05, 3.63) is 24.0 Å². The normalized spacial score (nSPS) is 25.9. The summed E-state index contributed by atoms with van der Waals surface area (Å²) in [5.41, 5.74) is 0.600. The minimum absolute atomic E-state index is 0.0107. The van der Waals surface area contributed by atoms with Gasteiger partial charge in [-0.3, -0.25) is 4.79 Å². The second-order valence-corrected chi connectivity index (χ2v) is 4.10. The van der Waals surface area contributed by atoms with Gasteiger partial charge in [-0.05, 0) is 24.5 Å². The average Bonchev–Trinajstić information content (AvgIpc) is 2.85. The van der Waals surface area contributed by atoms with Gasteiger partial charge in [0.2, 0.25) is 0 Å². The van der Waals surface area contributed by atoms with Gasteiger partial charge in [0.05, 0.1) is 12.6 Å². The summed E-state index contributed by atoms with van der Waals surface area (Å²) in [5, 5.41) is 9.25. The van der Waals surface area contributed by atoms with E-state index in [-0.39, 0.29) is 18.6 Å². The van der Waals surface area contributed by atoms with Crippen molar-refractivity contribution in [3.63, 3.8) is 0 Å². The van der Waals surface area contributed by atoms with Crippen molar-refractivity contribution in [1.29, 1.82) is 0 Å². The van der Waals surface area contributed by atoms with Crippen LogP contribution in [-0.4, -0.2) is 40.1 Å². The highest BCUT2D eigenvalue weighted by Crippen LogP contribution is 2.24. The van der Waals surface area contributed by atoms with Crippen LogP contribution in [-0.2, 0) is 0 Å². The minimum Gasteiger partial charge on any atom is -0.394 e. The standard InChI is InChI=1S/C11H16N2O2/c1-8-4-6-13(10(8)7-14)11(15)9-3-2-5-12-9/h2-3,5,8,10,12,14H,4,6-7H2,1H3. The van der Waals surface area contributed by atoms with Gasteiger partial charge in [0.1, 0.15) is 5.69 Å². The van der Waals surface area contributed by atoms with Crippen LogP contribution < -0.4 is 0 Å². The Morgan fingerprint density at radius 2 is 2.53 bits per heavy atom. The van der Waals surface area contributed by atoms with E-state index in [9.17, 15) is 9.90 Å². The molecule has 1 aromatic heterocycles. The molecule has 1 saturated heterocycles. The maximum Gasteiger partial charge on any atom is 0.270 e. The van der Waals surface area contributed by atoms with E-state index >= 15 is 0 Å². The zero-order valence-electron chi connectivity index (χ0n) is 8.81. The monoisotopic (exact) mass is 208 g/mol. The van der Waals surface area contributed by atoms with Gasteiger partial charge >= 0.3 is 0 Å². The van der Waals surface area contributed by atoms with Crippen LogP contribution >= 0.6 is 0 Å². The number of nitrogens with zero attached hydrogens (tertiary/aromatic N) is 1. The quantitative estimate of drug-likeness (QED) is 0.757. The van der Waals surface area contributed by atoms with Crippen LogP contribution in [0.15, 0.2) is 18.3 Å². The summed E-state index contributed by atoms with van der Waals surface area (Å²) < 4.78 is 0. The number of likely N-dealkylation sites (tertiary alicyclic amines) is 1. The highest BCUT2D eigenvalue weighted by Gasteiger charge is 2.34. The molecule has 1 aliphatic heterocycles. The molecule has 4 nitrogen and oxygen atoms in total. The molecule has 2 heterocycles. The number of nitrogens with one attached hydrogen (secondary N) is 1. The summed E-state index contributed by atoms with van der Waals surface area (Å²) in [6.07, 6.45) is 2.71. The van der Waals surface area contributed by atoms with Gasteiger partial charge < -0.3 is 15.0 Å². The van der Waals surface area contributed by atoms with Crippen molar-refractivity contribution in [1.82, 2.24) is 9.88 Å². The zero-order chi connectivity index (χ0) is 10.8. The van der Waals surface area contributed by atoms with Crippen molar-refractivity contribution in [2.24, 2.45) is 5.92 Å². The Kier molecular flexibility index (Phi) is 2.77. The van der Waals surface area contributed by atoms with Crippen LogP contribution in [0, 0.1) is 5.92 Å². The van der Waals surface area contributed by atoms with E-state index in [4.69, 9.17) is 0 Å². The topological polar surface area (TPSA) is 56.3 Å². The lowest BCUT2D eigenvalue weighted by molar-refractivity contribution is 0.0643. The predicted molar refractivity (Wildman–Crippen MR) is 56.5 cm³/mol. The molecule has 82 valence electrons. The second kappa shape index (κ2) is 4.06. The Balaban J connectivity index is 2.14. The molecule has 0 saturated carbocycles. The largest absolute Gasteiger partial charge is 0.394 e. The number of carbonyl (C=O) groups is 1. The first kappa shape index (κ1) is 10.2. The van der Waals surface area contributed by atoms with Gasteiger partial charge in [-0.25, -0.2) is 0 Å². The Hall–Kier alpha value is -1.29. The Bertz CT molecular complexity index is 334. The smallest absolute Gasteiger partial charge is 0.270 e. The van der Waals surface area contributed by atoms with Gasteiger partial charge in [-0.1, -0.05) is 6.92 Å². The van der Waals surface area contributed by atoms with E-state index in [0.29, 0.717) is 11.6 Å². The molecule has 0 aromatic carbocycles. The maximum absolute atomic E-state index is 12.0. The molecule has 0 bridgehead atoms. The van der Waals surface area contributed by atoms with Crippen LogP contribution in [0.3, 0.4) is 0 Å². The third-order valence-corrected chi connectivity index (χ3v) is 3.16. The summed E-state index contributed by atoms with van der Waals surface area (Å²) in [5.74, 6) is 0.373. The number of aromatic nitrogens is 1. The van der Waals surface area contributed by atoms with E-state index < -0.39 is 0 Å². The van der Waals surface area contributed by atoms with Crippen LogP contribution in [0.1, 0.15) is 23.8 Å². The van der Waals surface area contributed by atoms with E-state index in [1.807, 2.05) is 0 Å². The van der Waals surface area contributed by atoms with E-state index in [1.165, 1.54) is 0 Å².